The van der Waals surface area contributed by atoms with Crippen molar-refractivity contribution < 1.29 is 23.5 Å². The van der Waals surface area contributed by atoms with E-state index in [1.807, 2.05) is 19.1 Å². The summed E-state index contributed by atoms with van der Waals surface area (Å²) >= 11 is 0. The highest BCUT2D eigenvalue weighted by molar-refractivity contribution is 5.88. The van der Waals surface area contributed by atoms with Gasteiger partial charge in [-0.3, -0.25) is 4.79 Å². The van der Waals surface area contributed by atoms with E-state index in [2.05, 4.69) is 10.5 Å². The van der Waals surface area contributed by atoms with Crippen LogP contribution < -0.4 is 14.9 Å². The molecule has 28 heavy (non-hydrogen) atoms. The Bertz CT molecular complexity index is 963. The smallest absolute Gasteiger partial charge is 0.379 e. The van der Waals surface area contributed by atoms with Crippen LogP contribution in [0.5, 0.6) is 11.5 Å². The molecule has 0 aliphatic carbocycles. The van der Waals surface area contributed by atoms with Gasteiger partial charge in [0.2, 0.25) is 5.76 Å². The largest absolute Gasteiger partial charge is 0.484 e. The summed E-state index contributed by atoms with van der Waals surface area (Å²) in [6.07, 6.45) is 2.83. The number of esters is 1. The number of nitrogens with one attached hydrogen (secondary N) is 1. The number of rotatable bonds is 7. The van der Waals surface area contributed by atoms with Crippen molar-refractivity contribution in [1.29, 1.82) is 0 Å². The van der Waals surface area contributed by atoms with Crippen LogP contribution >= 0.6 is 0 Å². The monoisotopic (exact) mass is 378 g/mol. The number of carbonyl (C=O) groups is 2. The quantitative estimate of drug-likeness (QED) is 0.295. The van der Waals surface area contributed by atoms with Crippen molar-refractivity contribution >= 4 is 18.1 Å². The molecule has 0 saturated heterocycles. The Morgan fingerprint density at radius 2 is 1.89 bits per heavy atom. The van der Waals surface area contributed by atoms with E-state index in [-0.39, 0.29) is 12.4 Å². The predicted octanol–water partition coefficient (Wildman–Crippen LogP) is 3.34. The van der Waals surface area contributed by atoms with Gasteiger partial charge in [-0.1, -0.05) is 29.8 Å². The van der Waals surface area contributed by atoms with Crippen LogP contribution in [0.15, 0.2) is 76.4 Å². The van der Waals surface area contributed by atoms with E-state index >= 15 is 0 Å². The van der Waals surface area contributed by atoms with Crippen molar-refractivity contribution in [3.63, 3.8) is 0 Å². The van der Waals surface area contributed by atoms with Gasteiger partial charge in [-0.25, -0.2) is 10.2 Å². The Labute approximate surface area is 161 Å². The van der Waals surface area contributed by atoms with Gasteiger partial charge in [0.1, 0.15) is 11.5 Å². The number of aryl methyl sites for hydroxylation is 1. The van der Waals surface area contributed by atoms with Gasteiger partial charge in [-0.15, -0.1) is 0 Å². The molecule has 1 heterocycles. The third-order valence-corrected chi connectivity index (χ3v) is 3.58. The van der Waals surface area contributed by atoms with Gasteiger partial charge < -0.3 is 13.9 Å². The van der Waals surface area contributed by atoms with Crippen molar-refractivity contribution in [2.24, 2.45) is 5.10 Å². The molecule has 0 spiro atoms. The molecule has 3 rings (SSSR count). The maximum Gasteiger partial charge on any atom is 0.379 e. The first kappa shape index (κ1) is 18.9. The van der Waals surface area contributed by atoms with Crippen molar-refractivity contribution in [1.82, 2.24) is 5.43 Å². The molecule has 0 bridgehead atoms. The van der Waals surface area contributed by atoms with E-state index in [0.717, 1.165) is 5.56 Å². The summed E-state index contributed by atoms with van der Waals surface area (Å²) in [5.74, 6) is 0.0629. The summed E-state index contributed by atoms with van der Waals surface area (Å²) < 4.78 is 15.6. The number of ether oxygens (including phenoxy) is 2. The Morgan fingerprint density at radius 1 is 1.07 bits per heavy atom. The van der Waals surface area contributed by atoms with E-state index in [1.165, 1.54) is 18.5 Å². The zero-order valence-electron chi connectivity index (χ0n) is 15.1. The standard InChI is InChI=1S/C21H18N2O5/c1-15-7-9-17(10-8-15)27-14-20(24)23-22-13-16-4-2-5-18(12-16)28-21(25)19-6-3-11-26-19/h2-13H,14H2,1H3,(H,23,24)/b22-13-. The summed E-state index contributed by atoms with van der Waals surface area (Å²) in [6.45, 7) is 1.82. The van der Waals surface area contributed by atoms with Crippen molar-refractivity contribution in [3.8, 4) is 11.5 Å². The molecule has 0 radical (unpaired) electrons. The average molecular weight is 378 g/mol. The Balaban J connectivity index is 1.49. The van der Waals surface area contributed by atoms with Crippen LogP contribution in [0, 0.1) is 6.92 Å². The van der Waals surface area contributed by atoms with Crippen LogP contribution in [0.1, 0.15) is 21.7 Å². The molecule has 0 aliphatic heterocycles. The summed E-state index contributed by atoms with van der Waals surface area (Å²) in [4.78, 5) is 23.7. The lowest BCUT2D eigenvalue weighted by atomic mass is 10.2. The lowest BCUT2D eigenvalue weighted by Gasteiger charge is -2.05. The van der Waals surface area contributed by atoms with Gasteiger partial charge in [0.25, 0.3) is 5.91 Å². The number of nitrogens with zero attached hydrogens (tertiary/aromatic N) is 1. The molecule has 1 aromatic heterocycles. The molecular weight excluding hydrogens is 360 g/mol. The highest BCUT2D eigenvalue weighted by Crippen LogP contribution is 2.14. The van der Waals surface area contributed by atoms with Crippen LogP contribution in [0.4, 0.5) is 0 Å². The zero-order chi connectivity index (χ0) is 19.8. The highest BCUT2D eigenvalue weighted by Gasteiger charge is 2.11. The number of hydrazone groups is 1. The van der Waals surface area contributed by atoms with Crippen LogP contribution in [0.25, 0.3) is 0 Å². The average Bonchev–Trinajstić information content (AvgIpc) is 3.23. The fourth-order valence-corrected chi connectivity index (χ4v) is 2.20. The molecule has 0 atom stereocenters. The van der Waals surface area contributed by atoms with Crippen LogP contribution in [0.3, 0.4) is 0 Å². The van der Waals surface area contributed by atoms with Crippen LogP contribution in [0.2, 0.25) is 0 Å². The third kappa shape index (κ3) is 5.57. The minimum absolute atomic E-state index is 0.111. The highest BCUT2D eigenvalue weighted by atomic mass is 16.5. The maximum atomic E-state index is 11.9. The lowest BCUT2D eigenvalue weighted by molar-refractivity contribution is -0.123. The molecule has 1 amide bonds. The first-order valence-electron chi connectivity index (χ1n) is 8.47. The predicted molar refractivity (Wildman–Crippen MR) is 103 cm³/mol. The second-order valence-corrected chi connectivity index (χ2v) is 5.83. The topological polar surface area (TPSA) is 90.1 Å². The molecule has 0 aliphatic rings. The summed E-state index contributed by atoms with van der Waals surface area (Å²) in [6, 6.07) is 17.2. The van der Waals surface area contributed by atoms with Crippen molar-refractivity contribution in [2.45, 2.75) is 6.92 Å². The third-order valence-electron chi connectivity index (χ3n) is 3.58. The molecule has 7 heteroatoms. The number of amides is 1. The Morgan fingerprint density at radius 3 is 2.64 bits per heavy atom. The summed E-state index contributed by atoms with van der Waals surface area (Å²) in [7, 11) is 0. The molecule has 3 aromatic rings. The van der Waals surface area contributed by atoms with Gasteiger partial charge in [0, 0.05) is 0 Å². The molecule has 2 aromatic carbocycles. The summed E-state index contributed by atoms with van der Waals surface area (Å²) in [5.41, 5.74) is 4.13. The maximum absolute atomic E-state index is 11.9. The van der Waals surface area contributed by atoms with E-state index in [1.54, 1.807) is 42.5 Å². The Hall–Kier alpha value is -3.87. The Kier molecular flexibility index (Phi) is 6.20. The van der Waals surface area contributed by atoms with Gasteiger partial charge in [-0.05, 0) is 48.9 Å². The normalized spacial score (nSPS) is 10.6. The second-order valence-electron chi connectivity index (χ2n) is 5.83. The zero-order valence-corrected chi connectivity index (χ0v) is 15.1. The first-order chi connectivity index (χ1) is 13.6. The summed E-state index contributed by atoms with van der Waals surface area (Å²) in [5, 5.41) is 3.87. The molecule has 1 N–H and O–H groups in total. The van der Waals surface area contributed by atoms with Gasteiger partial charge >= 0.3 is 5.97 Å². The molecular formula is C21H18N2O5. The fourth-order valence-electron chi connectivity index (χ4n) is 2.20. The van der Waals surface area contributed by atoms with Crippen LogP contribution in [-0.2, 0) is 4.79 Å². The van der Waals surface area contributed by atoms with E-state index in [9.17, 15) is 9.59 Å². The van der Waals surface area contributed by atoms with E-state index in [4.69, 9.17) is 13.9 Å². The molecule has 0 unspecified atom stereocenters. The van der Waals surface area contributed by atoms with E-state index in [0.29, 0.717) is 17.1 Å². The number of hydrogen-bond acceptors (Lipinski definition) is 6. The van der Waals surface area contributed by atoms with Gasteiger partial charge in [0.15, 0.2) is 6.61 Å². The number of hydrogen-bond donors (Lipinski definition) is 1. The van der Waals surface area contributed by atoms with Gasteiger partial charge in [0.05, 0.1) is 12.5 Å². The first-order valence-corrected chi connectivity index (χ1v) is 8.47. The fraction of sp³-hybridized carbons (Fsp3) is 0.0952. The number of benzene rings is 2. The minimum Gasteiger partial charge on any atom is -0.484 e. The minimum atomic E-state index is -0.597. The number of furan rings is 1. The molecule has 142 valence electrons. The molecule has 7 nitrogen and oxygen atoms in total. The number of carbonyl (C=O) groups excluding carboxylic acids is 2. The molecule has 0 saturated carbocycles. The van der Waals surface area contributed by atoms with Crippen molar-refractivity contribution in [3.05, 3.63) is 83.8 Å². The molecule has 0 fully saturated rings. The van der Waals surface area contributed by atoms with Gasteiger partial charge in [-0.2, -0.15) is 5.10 Å². The lowest BCUT2D eigenvalue weighted by Crippen LogP contribution is -2.24. The van der Waals surface area contributed by atoms with Crippen molar-refractivity contribution in [2.75, 3.05) is 6.61 Å². The second kappa shape index (κ2) is 9.18. The SMILES string of the molecule is Cc1ccc(OCC(=O)N/N=C\c2cccc(OC(=O)c3ccco3)c2)cc1. The van der Waals surface area contributed by atoms with Crippen LogP contribution in [-0.4, -0.2) is 24.7 Å². The van der Waals surface area contributed by atoms with E-state index < -0.39 is 11.9 Å².